The second-order valence-electron chi connectivity index (χ2n) is 5.03. The summed E-state index contributed by atoms with van der Waals surface area (Å²) in [6, 6.07) is 14.2. The molecule has 1 aromatic heterocycles. The summed E-state index contributed by atoms with van der Waals surface area (Å²) >= 11 is 0. The molecular weight excluding hydrogens is 306 g/mol. The summed E-state index contributed by atoms with van der Waals surface area (Å²) in [5.41, 5.74) is 1.92. The molecule has 3 rings (SSSR count). The molecule has 0 saturated heterocycles. The molecule has 0 spiro atoms. The Morgan fingerprint density at radius 1 is 0.958 bits per heavy atom. The summed E-state index contributed by atoms with van der Waals surface area (Å²) in [6.45, 7) is 0. The Labute approximate surface area is 139 Å². The normalized spacial score (nSPS) is 10.2. The monoisotopic (exact) mass is 323 g/mol. The van der Waals surface area contributed by atoms with Gasteiger partial charge in [-0.2, -0.15) is 0 Å². The number of anilines is 2. The standard InChI is InChI=1S/C18H17N3O3/c1-23-13-8-9-14(16(11-13)24-2)20-18(22)21-15-7-3-5-12-6-4-10-19-17(12)15/h3-11H,1-2H3,(H2,20,21,22). The summed E-state index contributed by atoms with van der Waals surface area (Å²) in [5.74, 6) is 1.16. The number of urea groups is 1. The van der Waals surface area contributed by atoms with Crippen molar-refractivity contribution in [1.29, 1.82) is 0 Å². The molecule has 122 valence electrons. The van der Waals surface area contributed by atoms with Crippen LogP contribution >= 0.6 is 0 Å². The van der Waals surface area contributed by atoms with Crippen molar-refractivity contribution in [3.63, 3.8) is 0 Å². The van der Waals surface area contributed by atoms with Crippen LogP contribution in [0, 0.1) is 0 Å². The molecule has 2 amide bonds. The smallest absolute Gasteiger partial charge is 0.323 e. The van der Waals surface area contributed by atoms with Gasteiger partial charge in [0.25, 0.3) is 0 Å². The average Bonchev–Trinajstić information content (AvgIpc) is 2.62. The predicted octanol–water partition coefficient (Wildman–Crippen LogP) is 3.90. The van der Waals surface area contributed by atoms with Crippen molar-refractivity contribution >= 4 is 28.3 Å². The Bertz CT molecular complexity index is 875. The van der Waals surface area contributed by atoms with Crippen LogP contribution in [-0.2, 0) is 0 Å². The lowest BCUT2D eigenvalue weighted by atomic mass is 10.2. The number of methoxy groups -OCH3 is 2. The molecule has 3 aromatic rings. The lowest BCUT2D eigenvalue weighted by Gasteiger charge is -2.13. The Morgan fingerprint density at radius 3 is 2.54 bits per heavy atom. The minimum atomic E-state index is -0.378. The van der Waals surface area contributed by atoms with Crippen LogP contribution in [0.25, 0.3) is 10.9 Å². The first-order valence-electron chi connectivity index (χ1n) is 7.35. The number of fused-ring (bicyclic) bond motifs is 1. The highest BCUT2D eigenvalue weighted by Gasteiger charge is 2.10. The van der Waals surface area contributed by atoms with E-state index in [1.54, 1.807) is 37.6 Å². The van der Waals surface area contributed by atoms with Crippen LogP contribution in [-0.4, -0.2) is 25.2 Å². The predicted molar refractivity (Wildman–Crippen MR) is 93.9 cm³/mol. The number of hydrogen-bond acceptors (Lipinski definition) is 4. The summed E-state index contributed by atoms with van der Waals surface area (Å²) in [7, 11) is 3.11. The third kappa shape index (κ3) is 3.22. The number of para-hydroxylation sites is 1. The third-order valence-electron chi connectivity index (χ3n) is 3.54. The minimum Gasteiger partial charge on any atom is -0.497 e. The Balaban J connectivity index is 1.80. The molecule has 0 atom stereocenters. The fourth-order valence-corrected chi connectivity index (χ4v) is 2.38. The maximum Gasteiger partial charge on any atom is 0.323 e. The fourth-order valence-electron chi connectivity index (χ4n) is 2.38. The largest absolute Gasteiger partial charge is 0.497 e. The van der Waals surface area contributed by atoms with Gasteiger partial charge in [0.05, 0.1) is 31.1 Å². The highest BCUT2D eigenvalue weighted by Crippen LogP contribution is 2.29. The first kappa shape index (κ1) is 15.6. The lowest BCUT2D eigenvalue weighted by molar-refractivity contribution is 0.262. The van der Waals surface area contributed by atoms with Crippen LogP contribution < -0.4 is 20.1 Å². The molecule has 0 radical (unpaired) electrons. The van der Waals surface area contributed by atoms with Crippen molar-refractivity contribution in [3.8, 4) is 11.5 Å². The van der Waals surface area contributed by atoms with Crippen molar-refractivity contribution in [2.75, 3.05) is 24.9 Å². The highest BCUT2D eigenvalue weighted by molar-refractivity contribution is 6.05. The average molecular weight is 323 g/mol. The van der Waals surface area contributed by atoms with E-state index in [0.29, 0.717) is 22.9 Å². The molecule has 0 unspecified atom stereocenters. The van der Waals surface area contributed by atoms with Gasteiger partial charge in [-0.1, -0.05) is 18.2 Å². The van der Waals surface area contributed by atoms with E-state index in [4.69, 9.17) is 9.47 Å². The number of nitrogens with one attached hydrogen (secondary N) is 2. The third-order valence-corrected chi connectivity index (χ3v) is 3.54. The van der Waals surface area contributed by atoms with E-state index in [0.717, 1.165) is 10.9 Å². The van der Waals surface area contributed by atoms with Crippen LogP contribution in [0.3, 0.4) is 0 Å². The Morgan fingerprint density at radius 2 is 1.75 bits per heavy atom. The maximum atomic E-state index is 12.3. The van der Waals surface area contributed by atoms with E-state index >= 15 is 0 Å². The van der Waals surface area contributed by atoms with Gasteiger partial charge in [-0.25, -0.2) is 4.79 Å². The summed E-state index contributed by atoms with van der Waals surface area (Å²) in [5, 5.41) is 6.54. The number of pyridine rings is 1. The van der Waals surface area contributed by atoms with Crippen molar-refractivity contribution in [2.45, 2.75) is 0 Å². The van der Waals surface area contributed by atoms with Crippen molar-refractivity contribution in [1.82, 2.24) is 4.98 Å². The molecule has 0 bridgehead atoms. The molecule has 6 heteroatoms. The van der Waals surface area contributed by atoms with Crippen molar-refractivity contribution in [3.05, 3.63) is 54.7 Å². The van der Waals surface area contributed by atoms with E-state index < -0.39 is 0 Å². The molecule has 1 heterocycles. The zero-order chi connectivity index (χ0) is 16.9. The van der Waals surface area contributed by atoms with Gasteiger partial charge in [0.1, 0.15) is 11.5 Å². The summed E-state index contributed by atoms with van der Waals surface area (Å²) in [6.07, 6.45) is 1.69. The zero-order valence-electron chi connectivity index (χ0n) is 13.4. The zero-order valence-corrected chi connectivity index (χ0v) is 13.4. The van der Waals surface area contributed by atoms with Crippen LogP contribution in [0.4, 0.5) is 16.2 Å². The SMILES string of the molecule is COc1ccc(NC(=O)Nc2cccc3cccnc23)c(OC)c1. The summed E-state index contributed by atoms with van der Waals surface area (Å²) < 4.78 is 10.4. The number of rotatable bonds is 4. The number of ether oxygens (including phenoxy) is 2. The molecule has 0 aliphatic heterocycles. The van der Waals surface area contributed by atoms with E-state index in [-0.39, 0.29) is 6.03 Å². The van der Waals surface area contributed by atoms with Gasteiger partial charge in [0.15, 0.2) is 0 Å². The van der Waals surface area contributed by atoms with Crippen molar-refractivity contribution < 1.29 is 14.3 Å². The van der Waals surface area contributed by atoms with E-state index in [9.17, 15) is 4.79 Å². The number of aromatic nitrogens is 1. The maximum absolute atomic E-state index is 12.3. The van der Waals surface area contributed by atoms with Crippen LogP contribution in [0.5, 0.6) is 11.5 Å². The molecule has 2 N–H and O–H groups in total. The number of carbonyl (C=O) groups excluding carboxylic acids is 1. The van der Waals surface area contributed by atoms with Gasteiger partial charge >= 0.3 is 6.03 Å². The quantitative estimate of drug-likeness (QED) is 0.764. The lowest BCUT2D eigenvalue weighted by Crippen LogP contribution is -2.20. The molecule has 6 nitrogen and oxygen atoms in total. The first-order valence-corrected chi connectivity index (χ1v) is 7.35. The van der Waals surface area contributed by atoms with Crippen molar-refractivity contribution in [2.24, 2.45) is 0 Å². The molecular formula is C18H17N3O3. The number of benzene rings is 2. The van der Waals surface area contributed by atoms with Gasteiger partial charge in [0, 0.05) is 17.6 Å². The molecule has 0 aliphatic rings. The van der Waals surface area contributed by atoms with Gasteiger partial charge in [-0.05, 0) is 24.3 Å². The minimum absolute atomic E-state index is 0.378. The number of carbonyl (C=O) groups is 1. The second-order valence-corrected chi connectivity index (χ2v) is 5.03. The van der Waals surface area contributed by atoms with Crippen LogP contribution in [0.1, 0.15) is 0 Å². The molecule has 2 aromatic carbocycles. The number of amides is 2. The topological polar surface area (TPSA) is 72.5 Å². The molecule has 0 aliphatic carbocycles. The Kier molecular flexibility index (Phi) is 4.47. The Hall–Kier alpha value is -3.28. The van der Waals surface area contributed by atoms with E-state index in [1.165, 1.54) is 7.11 Å². The van der Waals surface area contributed by atoms with Gasteiger partial charge in [-0.15, -0.1) is 0 Å². The number of hydrogen-bond donors (Lipinski definition) is 2. The van der Waals surface area contributed by atoms with Gasteiger partial charge in [-0.3, -0.25) is 4.98 Å². The first-order chi connectivity index (χ1) is 11.7. The van der Waals surface area contributed by atoms with Gasteiger partial charge < -0.3 is 20.1 Å². The molecule has 0 fully saturated rings. The van der Waals surface area contributed by atoms with E-state index in [1.807, 2.05) is 24.3 Å². The fraction of sp³-hybridized carbons (Fsp3) is 0.111. The van der Waals surface area contributed by atoms with Gasteiger partial charge in [0.2, 0.25) is 0 Å². The number of nitrogens with zero attached hydrogens (tertiary/aromatic N) is 1. The highest BCUT2D eigenvalue weighted by atomic mass is 16.5. The van der Waals surface area contributed by atoms with Crippen LogP contribution in [0.15, 0.2) is 54.7 Å². The second kappa shape index (κ2) is 6.87. The molecule has 24 heavy (non-hydrogen) atoms. The molecule has 0 saturated carbocycles. The summed E-state index contributed by atoms with van der Waals surface area (Å²) in [4.78, 5) is 16.6. The van der Waals surface area contributed by atoms with E-state index in [2.05, 4.69) is 15.6 Å². The van der Waals surface area contributed by atoms with Crippen LogP contribution in [0.2, 0.25) is 0 Å².